The maximum absolute atomic E-state index is 12.6. The van der Waals surface area contributed by atoms with Crippen molar-refractivity contribution in [1.29, 1.82) is 0 Å². The van der Waals surface area contributed by atoms with Crippen LogP contribution in [-0.2, 0) is 6.18 Å². The summed E-state index contributed by atoms with van der Waals surface area (Å²) in [6.07, 6.45) is -3.43. The van der Waals surface area contributed by atoms with Crippen LogP contribution in [0.15, 0.2) is 18.2 Å². The molecule has 1 aliphatic rings. The topological polar surface area (TPSA) is 15.3 Å². The fourth-order valence-corrected chi connectivity index (χ4v) is 2.75. The number of hydrogen-bond donors (Lipinski definition) is 1. The predicted octanol–water partition coefficient (Wildman–Crippen LogP) is 3.94. The Morgan fingerprint density at radius 1 is 1.30 bits per heavy atom. The highest BCUT2D eigenvalue weighted by molar-refractivity contribution is 6.33. The van der Waals surface area contributed by atoms with Crippen molar-refractivity contribution in [3.05, 3.63) is 28.8 Å². The molecule has 1 aromatic carbocycles. The third kappa shape index (κ3) is 3.58. The van der Waals surface area contributed by atoms with E-state index >= 15 is 0 Å². The van der Waals surface area contributed by atoms with Gasteiger partial charge in [0, 0.05) is 18.6 Å². The zero-order valence-corrected chi connectivity index (χ0v) is 12.3. The van der Waals surface area contributed by atoms with E-state index in [1.54, 1.807) is 0 Å². The summed E-state index contributed by atoms with van der Waals surface area (Å²) in [7, 11) is 0. The van der Waals surface area contributed by atoms with Crippen molar-refractivity contribution in [2.24, 2.45) is 0 Å². The van der Waals surface area contributed by atoms with E-state index in [0.717, 1.165) is 31.6 Å². The molecule has 0 radical (unpaired) electrons. The molecular formula is C14H18ClF3N2. The first-order chi connectivity index (χ1) is 9.19. The van der Waals surface area contributed by atoms with Crippen molar-refractivity contribution < 1.29 is 13.2 Å². The standard InChI is InChI=1S/C14H18ClF3N2/c1-13(2)9-20(7-3-6-19-13)12-5-4-10(8-11(12)15)14(16,17)18/h4-5,8,19H,3,6-7,9H2,1-2H3. The predicted molar refractivity (Wildman–Crippen MR) is 75.4 cm³/mol. The number of rotatable bonds is 1. The average Bonchev–Trinajstić information content (AvgIpc) is 2.48. The summed E-state index contributed by atoms with van der Waals surface area (Å²) in [5, 5.41) is 3.56. The molecule has 1 fully saturated rings. The molecule has 0 amide bonds. The Kier molecular flexibility index (Phi) is 4.21. The molecule has 1 saturated heterocycles. The van der Waals surface area contributed by atoms with Crippen molar-refractivity contribution in [3.63, 3.8) is 0 Å². The normalized spacial score (nSPS) is 19.8. The molecule has 0 atom stereocenters. The van der Waals surface area contributed by atoms with Crippen LogP contribution in [0, 0.1) is 0 Å². The van der Waals surface area contributed by atoms with Crippen LogP contribution in [0.1, 0.15) is 25.8 Å². The van der Waals surface area contributed by atoms with Crippen LogP contribution in [0.25, 0.3) is 0 Å². The van der Waals surface area contributed by atoms with Gasteiger partial charge in [0.15, 0.2) is 0 Å². The largest absolute Gasteiger partial charge is 0.416 e. The minimum atomic E-state index is -4.36. The molecule has 0 unspecified atom stereocenters. The summed E-state index contributed by atoms with van der Waals surface area (Å²) < 4.78 is 37.9. The van der Waals surface area contributed by atoms with Crippen molar-refractivity contribution in [3.8, 4) is 0 Å². The minimum Gasteiger partial charge on any atom is -0.368 e. The van der Waals surface area contributed by atoms with E-state index < -0.39 is 11.7 Å². The van der Waals surface area contributed by atoms with E-state index in [1.807, 2.05) is 4.90 Å². The average molecular weight is 307 g/mol. The molecule has 20 heavy (non-hydrogen) atoms. The lowest BCUT2D eigenvalue weighted by Crippen LogP contribution is -2.46. The lowest BCUT2D eigenvalue weighted by Gasteiger charge is -2.32. The maximum atomic E-state index is 12.6. The first-order valence-electron chi connectivity index (χ1n) is 6.56. The number of benzene rings is 1. The highest BCUT2D eigenvalue weighted by Crippen LogP contribution is 2.35. The van der Waals surface area contributed by atoms with Crippen LogP contribution in [0.2, 0.25) is 5.02 Å². The van der Waals surface area contributed by atoms with Crippen LogP contribution < -0.4 is 10.2 Å². The molecule has 0 spiro atoms. The molecular weight excluding hydrogens is 289 g/mol. The van der Waals surface area contributed by atoms with E-state index in [-0.39, 0.29) is 10.6 Å². The van der Waals surface area contributed by atoms with Crippen molar-refractivity contribution in [2.75, 3.05) is 24.5 Å². The van der Waals surface area contributed by atoms with Gasteiger partial charge in [0.05, 0.1) is 16.3 Å². The summed E-state index contributed by atoms with van der Waals surface area (Å²) in [5.74, 6) is 0. The Hall–Kier alpha value is -0.940. The highest BCUT2D eigenvalue weighted by atomic mass is 35.5. The highest BCUT2D eigenvalue weighted by Gasteiger charge is 2.32. The first kappa shape index (κ1) is 15.4. The Bertz CT molecular complexity index is 486. The molecule has 1 aromatic rings. The molecule has 6 heteroatoms. The van der Waals surface area contributed by atoms with Crippen molar-refractivity contribution in [2.45, 2.75) is 32.0 Å². The molecule has 2 rings (SSSR count). The van der Waals surface area contributed by atoms with Crippen LogP contribution in [0.4, 0.5) is 18.9 Å². The molecule has 0 saturated carbocycles. The fraction of sp³-hybridized carbons (Fsp3) is 0.571. The maximum Gasteiger partial charge on any atom is 0.416 e. The van der Waals surface area contributed by atoms with Gasteiger partial charge in [-0.15, -0.1) is 0 Å². The third-order valence-electron chi connectivity index (χ3n) is 3.41. The molecule has 0 bridgehead atoms. The smallest absolute Gasteiger partial charge is 0.368 e. The van der Waals surface area contributed by atoms with Gasteiger partial charge in [-0.25, -0.2) is 0 Å². The van der Waals surface area contributed by atoms with Crippen molar-refractivity contribution >= 4 is 17.3 Å². The summed E-state index contributed by atoms with van der Waals surface area (Å²) in [5.41, 5.74) is -0.141. The van der Waals surface area contributed by atoms with Gasteiger partial charge >= 0.3 is 6.18 Å². The van der Waals surface area contributed by atoms with Gasteiger partial charge in [0.2, 0.25) is 0 Å². The monoisotopic (exact) mass is 306 g/mol. The number of halogens is 4. The van der Waals surface area contributed by atoms with E-state index in [2.05, 4.69) is 19.2 Å². The van der Waals surface area contributed by atoms with Gasteiger partial charge < -0.3 is 10.2 Å². The van der Waals surface area contributed by atoms with Gasteiger partial charge in [-0.05, 0) is 45.0 Å². The summed E-state index contributed by atoms with van der Waals surface area (Å²) in [6.45, 7) is 6.52. The van der Waals surface area contributed by atoms with E-state index in [9.17, 15) is 13.2 Å². The second kappa shape index (κ2) is 5.45. The summed E-state index contributed by atoms with van der Waals surface area (Å²) >= 11 is 6.05. The van der Waals surface area contributed by atoms with Gasteiger partial charge in [-0.2, -0.15) is 13.2 Å². The second-order valence-electron chi connectivity index (χ2n) is 5.75. The Balaban J connectivity index is 2.28. The van der Waals surface area contributed by atoms with Gasteiger partial charge in [0.1, 0.15) is 0 Å². The summed E-state index contributed by atoms with van der Waals surface area (Å²) in [4.78, 5) is 2.04. The fourth-order valence-electron chi connectivity index (χ4n) is 2.45. The number of alkyl halides is 3. The lowest BCUT2D eigenvalue weighted by molar-refractivity contribution is -0.137. The van der Waals surface area contributed by atoms with Crippen LogP contribution in [0.3, 0.4) is 0 Å². The molecule has 0 aliphatic carbocycles. The Morgan fingerprint density at radius 3 is 2.60 bits per heavy atom. The SMILES string of the molecule is CC1(C)CN(c2ccc(C(F)(F)F)cc2Cl)CCCN1. The van der Waals surface area contributed by atoms with E-state index in [0.29, 0.717) is 12.2 Å². The zero-order valence-electron chi connectivity index (χ0n) is 11.5. The molecule has 2 nitrogen and oxygen atoms in total. The van der Waals surface area contributed by atoms with Gasteiger partial charge in [0.25, 0.3) is 0 Å². The second-order valence-corrected chi connectivity index (χ2v) is 6.16. The van der Waals surface area contributed by atoms with Gasteiger partial charge in [-0.3, -0.25) is 0 Å². The number of nitrogens with zero attached hydrogens (tertiary/aromatic N) is 1. The number of hydrogen-bond acceptors (Lipinski definition) is 2. The Morgan fingerprint density at radius 2 is 2.00 bits per heavy atom. The van der Waals surface area contributed by atoms with Gasteiger partial charge in [-0.1, -0.05) is 11.6 Å². The zero-order chi connectivity index (χ0) is 15.0. The Labute approximate surface area is 121 Å². The molecule has 112 valence electrons. The molecule has 1 N–H and O–H groups in total. The van der Waals surface area contributed by atoms with Crippen molar-refractivity contribution in [1.82, 2.24) is 5.32 Å². The number of nitrogens with one attached hydrogen (secondary N) is 1. The quantitative estimate of drug-likeness (QED) is 0.845. The lowest BCUT2D eigenvalue weighted by atomic mass is 10.1. The van der Waals surface area contributed by atoms with Crippen LogP contribution in [-0.4, -0.2) is 25.2 Å². The molecule has 1 heterocycles. The number of anilines is 1. The third-order valence-corrected chi connectivity index (χ3v) is 3.71. The molecule has 0 aromatic heterocycles. The molecule has 1 aliphatic heterocycles. The minimum absolute atomic E-state index is 0.0947. The first-order valence-corrected chi connectivity index (χ1v) is 6.94. The van der Waals surface area contributed by atoms with E-state index in [4.69, 9.17) is 11.6 Å². The summed E-state index contributed by atoms with van der Waals surface area (Å²) in [6, 6.07) is 3.56. The van der Waals surface area contributed by atoms with Crippen LogP contribution in [0.5, 0.6) is 0 Å². The van der Waals surface area contributed by atoms with E-state index in [1.165, 1.54) is 6.07 Å². The van der Waals surface area contributed by atoms with Crippen LogP contribution >= 0.6 is 11.6 Å².